The van der Waals surface area contributed by atoms with Crippen LogP contribution in [0.5, 0.6) is 0 Å². The zero-order valence-corrected chi connectivity index (χ0v) is 20.9. The molecule has 5 heteroatoms. The molecule has 0 bridgehead atoms. The minimum absolute atomic E-state index is 0.648. The Morgan fingerprint density at radius 2 is 1.64 bits per heavy atom. The fraction of sp³-hybridized carbons (Fsp3) is 0.129. The lowest BCUT2D eigenvalue weighted by Crippen LogP contribution is -2.25. The lowest BCUT2D eigenvalue weighted by atomic mass is 9.95. The van der Waals surface area contributed by atoms with Crippen LogP contribution in [0, 0.1) is 22.7 Å². The van der Waals surface area contributed by atoms with Crippen molar-refractivity contribution in [2.75, 3.05) is 12.7 Å². The molecule has 0 aliphatic carbocycles. The number of nitrogens with zero attached hydrogens (tertiary/aromatic N) is 4. The van der Waals surface area contributed by atoms with Crippen LogP contribution in [0.2, 0.25) is 0 Å². The number of hydrogen-bond donors (Lipinski definition) is 0. The minimum Gasteiger partial charge on any atom is -0.291 e. The highest BCUT2D eigenvalue weighted by atomic mass is 31.1. The summed E-state index contributed by atoms with van der Waals surface area (Å²) in [6.45, 7) is 2.35. The largest absolute Gasteiger partial charge is 0.291 e. The first-order valence-electron chi connectivity index (χ1n) is 11.9. The van der Waals surface area contributed by atoms with Crippen LogP contribution < -0.4 is 0 Å². The number of fused-ring (bicyclic) bond motifs is 1. The van der Waals surface area contributed by atoms with Crippen molar-refractivity contribution in [2.45, 2.75) is 13.1 Å². The van der Waals surface area contributed by atoms with Gasteiger partial charge in [0.2, 0.25) is 0 Å². The van der Waals surface area contributed by atoms with Crippen molar-refractivity contribution >= 4 is 19.5 Å². The average Bonchev–Trinajstić information content (AvgIpc) is 2.93. The molecule has 1 atom stereocenters. The van der Waals surface area contributed by atoms with Crippen LogP contribution in [-0.2, 0) is 13.1 Å². The second-order valence-electron chi connectivity index (χ2n) is 8.86. The average molecular weight is 485 g/mol. The van der Waals surface area contributed by atoms with Crippen molar-refractivity contribution in [1.29, 1.82) is 10.5 Å². The first kappa shape index (κ1) is 23.7. The molecular weight excluding hydrogens is 459 g/mol. The number of hydrogen-bond acceptors (Lipinski definition) is 4. The van der Waals surface area contributed by atoms with E-state index >= 15 is 0 Å². The van der Waals surface area contributed by atoms with Crippen LogP contribution in [0.3, 0.4) is 0 Å². The van der Waals surface area contributed by atoms with Gasteiger partial charge in [-0.05, 0) is 53.2 Å². The summed E-state index contributed by atoms with van der Waals surface area (Å²) in [6.07, 6.45) is 7.40. The van der Waals surface area contributed by atoms with E-state index in [0.29, 0.717) is 11.1 Å². The van der Waals surface area contributed by atoms with Crippen LogP contribution in [0.15, 0.2) is 103 Å². The minimum atomic E-state index is 0.648. The van der Waals surface area contributed by atoms with Crippen LogP contribution in [-0.4, -0.2) is 22.6 Å². The second kappa shape index (κ2) is 11.1. The fourth-order valence-electron chi connectivity index (χ4n) is 4.57. The molecule has 0 saturated heterocycles. The second-order valence-corrected chi connectivity index (χ2v) is 9.96. The molecule has 0 saturated carbocycles. The predicted molar refractivity (Wildman–Crippen MR) is 148 cm³/mol. The molecule has 0 spiro atoms. The van der Waals surface area contributed by atoms with Crippen molar-refractivity contribution in [3.8, 4) is 23.3 Å². The summed E-state index contributed by atoms with van der Waals surface area (Å²) in [5.41, 5.74) is 7.76. The maximum Gasteiger partial charge on any atom is 0.0998 e. The van der Waals surface area contributed by atoms with E-state index in [-0.39, 0.29) is 0 Å². The number of para-hydroxylation sites is 1. The van der Waals surface area contributed by atoms with Gasteiger partial charge in [-0.1, -0.05) is 69.0 Å². The summed E-state index contributed by atoms with van der Waals surface area (Å²) in [7, 11) is 0.829. The highest BCUT2D eigenvalue weighted by Gasteiger charge is 2.14. The number of aromatic nitrogens is 1. The first-order chi connectivity index (χ1) is 17.7. The molecule has 0 amide bonds. The Morgan fingerprint density at radius 1 is 0.833 bits per heavy atom. The van der Waals surface area contributed by atoms with E-state index in [1.54, 1.807) is 6.20 Å². The molecule has 0 N–H and O–H groups in total. The van der Waals surface area contributed by atoms with Crippen molar-refractivity contribution < 1.29 is 0 Å². The van der Waals surface area contributed by atoms with Crippen LogP contribution in [0.25, 0.3) is 22.0 Å². The summed E-state index contributed by atoms with van der Waals surface area (Å²) in [6, 6.07) is 28.6. The van der Waals surface area contributed by atoms with Gasteiger partial charge in [-0.25, -0.2) is 0 Å². The summed E-state index contributed by atoms with van der Waals surface area (Å²) in [4.78, 5) is 7.03. The van der Waals surface area contributed by atoms with Crippen LogP contribution >= 0.6 is 8.58 Å². The van der Waals surface area contributed by atoms with E-state index in [2.05, 4.69) is 52.1 Å². The van der Waals surface area contributed by atoms with Gasteiger partial charge in [-0.3, -0.25) is 9.88 Å². The van der Waals surface area contributed by atoms with Crippen molar-refractivity contribution in [1.82, 2.24) is 9.88 Å². The van der Waals surface area contributed by atoms with Gasteiger partial charge in [0.25, 0.3) is 0 Å². The summed E-state index contributed by atoms with van der Waals surface area (Å²) in [5, 5.41) is 20.1. The molecule has 4 nitrogen and oxygen atoms in total. The standard InChI is InChI=1S/C31H25N4P/c32-17-23-8-10-24(11-9-23)19-35(21-26-4-3-15-36-22-26)20-25-12-13-28(18-33)30(16-25)29-7-1-5-27-6-2-14-34-31(27)29/h1-14,16,22,36H,15,19-21H2. The van der Waals surface area contributed by atoms with Crippen molar-refractivity contribution in [3.63, 3.8) is 0 Å². The van der Waals surface area contributed by atoms with Gasteiger partial charge in [-0.2, -0.15) is 10.5 Å². The molecular formula is C31H25N4P. The van der Waals surface area contributed by atoms with E-state index in [0.717, 1.165) is 62.0 Å². The lowest BCUT2D eigenvalue weighted by molar-refractivity contribution is 0.281. The van der Waals surface area contributed by atoms with Gasteiger partial charge in [0, 0.05) is 42.3 Å². The first-order valence-corrected chi connectivity index (χ1v) is 13.2. The summed E-state index contributed by atoms with van der Waals surface area (Å²) < 4.78 is 0. The number of rotatable bonds is 7. The third-order valence-electron chi connectivity index (χ3n) is 6.28. The molecule has 0 radical (unpaired) electrons. The van der Waals surface area contributed by atoms with Gasteiger partial charge in [0.05, 0.1) is 28.8 Å². The van der Waals surface area contributed by atoms with Gasteiger partial charge in [0.1, 0.15) is 0 Å². The maximum atomic E-state index is 9.86. The Hall–Kier alpha value is -4.08. The predicted octanol–water partition coefficient (Wildman–Crippen LogP) is 6.78. The number of benzene rings is 3. The Balaban J connectivity index is 1.48. The number of pyridine rings is 1. The van der Waals surface area contributed by atoms with E-state index in [4.69, 9.17) is 5.26 Å². The van der Waals surface area contributed by atoms with Gasteiger partial charge < -0.3 is 0 Å². The van der Waals surface area contributed by atoms with E-state index in [1.165, 1.54) is 11.1 Å². The Morgan fingerprint density at radius 3 is 2.42 bits per heavy atom. The highest BCUT2D eigenvalue weighted by molar-refractivity contribution is 7.42. The molecule has 0 fully saturated rings. The highest BCUT2D eigenvalue weighted by Crippen LogP contribution is 2.31. The van der Waals surface area contributed by atoms with Crippen molar-refractivity contribution in [3.05, 3.63) is 125 Å². The summed E-state index contributed by atoms with van der Waals surface area (Å²) >= 11 is 0. The number of allylic oxidation sites excluding steroid dienone is 1. The smallest absolute Gasteiger partial charge is 0.0998 e. The van der Waals surface area contributed by atoms with Gasteiger partial charge in [-0.15, -0.1) is 0 Å². The topological polar surface area (TPSA) is 63.7 Å². The molecule has 1 unspecified atom stereocenters. The van der Waals surface area contributed by atoms with Crippen molar-refractivity contribution in [2.24, 2.45) is 0 Å². The normalized spacial score (nSPS) is 13.5. The van der Waals surface area contributed by atoms with E-state index in [9.17, 15) is 5.26 Å². The Kier molecular flexibility index (Phi) is 7.30. The van der Waals surface area contributed by atoms with E-state index in [1.807, 2.05) is 60.7 Å². The van der Waals surface area contributed by atoms with Crippen LogP contribution in [0.4, 0.5) is 0 Å². The zero-order valence-electron chi connectivity index (χ0n) is 19.9. The molecule has 174 valence electrons. The molecule has 2 heterocycles. The molecule has 1 aliphatic rings. The molecule has 1 aliphatic heterocycles. The quantitative estimate of drug-likeness (QED) is 0.271. The molecule has 4 aromatic rings. The molecule has 3 aromatic carbocycles. The SMILES string of the molecule is N#Cc1ccc(CN(CC2=CPCC=C2)Cc2ccc(C#N)c(-c3cccc4cccnc34)c2)cc1. The van der Waals surface area contributed by atoms with Gasteiger partial charge in [0.15, 0.2) is 0 Å². The van der Waals surface area contributed by atoms with Crippen LogP contribution in [0.1, 0.15) is 22.3 Å². The Labute approximate surface area is 213 Å². The molecule has 1 aromatic heterocycles. The third kappa shape index (κ3) is 5.42. The molecule has 36 heavy (non-hydrogen) atoms. The van der Waals surface area contributed by atoms with E-state index < -0.39 is 0 Å². The monoisotopic (exact) mass is 484 g/mol. The number of nitriles is 2. The zero-order chi connectivity index (χ0) is 24.7. The Bertz CT molecular complexity index is 1530. The third-order valence-corrected chi connectivity index (χ3v) is 7.33. The maximum absolute atomic E-state index is 9.86. The summed E-state index contributed by atoms with van der Waals surface area (Å²) in [5.74, 6) is 2.35. The lowest BCUT2D eigenvalue weighted by Gasteiger charge is -2.24. The molecule has 5 rings (SSSR count). The van der Waals surface area contributed by atoms with Gasteiger partial charge >= 0.3 is 0 Å². The fourth-order valence-corrected chi connectivity index (χ4v) is 5.39.